The molecular formula is C7H12N4O2. The number of nitrogens with one attached hydrogen (secondary N) is 1. The van der Waals surface area contributed by atoms with Gasteiger partial charge in [0.15, 0.2) is 0 Å². The number of carbonyl (C=O) groups is 1. The van der Waals surface area contributed by atoms with Gasteiger partial charge in [0.2, 0.25) is 0 Å². The van der Waals surface area contributed by atoms with Crippen LogP contribution in [0.15, 0.2) is 5.11 Å². The summed E-state index contributed by atoms with van der Waals surface area (Å²) in [6, 6.07) is 0.0383. The normalized spacial score (nSPS) is 26.5. The molecule has 0 aliphatic heterocycles. The lowest BCUT2D eigenvalue weighted by atomic mass is 10.1. The SMILES string of the molecule is [N-]=[N+]=NCC1CCC(NC(=O)O)C1. The number of hydrogen-bond donors (Lipinski definition) is 2. The van der Waals surface area contributed by atoms with Crippen LogP contribution in [-0.2, 0) is 0 Å². The van der Waals surface area contributed by atoms with E-state index in [1.807, 2.05) is 0 Å². The van der Waals surface area contributed by atoms with Gasteiger partial charge in [-0.3, -0.25) is 0 Å². The summed E-state index contributed by atoms with van der Waals surface area (Å²) in [5.41, 5.74) is 8.09. The van der Waals surface area contributed by atoms with Gasteiger partial charge in [-0.05, 0) is 30.7 Å². The van der Waals surface area contributed by atoms with Crippen LogP contribution in [0.4, 0.5) is 4.79 Å². The topological polar surface area (TPSA) is 98.1 Å². The predicted molar refractivity (Wildman–Crippen MR) is 46.3 cm³/mol. The van der Waals surface area contributed by atoms with Crippen LogP contribution in [-0.4, -0.2) is 23.8 Å². The molecule has 0 aromatic carbocycles. The van der Waals surface area contributed by atoms with Gasteiger partial charge in [0, 0.05) is 17.5 Å². The third-order valence-electron chi connectivity index (χ3n) is 2.27. The van der Waals surface area contributed by atoms with Gasteiger partial charge < -0.3 is 10.4 Å². The van der Waals surface area contributed by atoms with E-state index in [0.29, 0.717) is 12.5 Å². The highest BCUT2D eigenvalue weighted by Gasteiger charge is 2.24. The number of rotatable bonds is 3. The molecule has 1 saturated carbocycles. The molecule has 0 saturated heterocycles. The molecule has 72 valence electrons. The van der Waals surface area contributed by atoms with E-state index in [9.17, 15) is 4.79 Å². The second-order valence-electron chi connectivity index (χ2n) is 3.24. The van der Waals surface area contributed by atoms with E-state index in [-0.39, 0.29) is 6.04 Å². The smallest absolute Gasteiger partial charge is 0.404 e. The van der Waals surface area contributed by atoms with Crippen LogP contribution in [0.1, 0.15) is 19.3 Å². The largest absolute Gasteiger partial charge is 0.465 e. The monoisotopic (exact) mass is 184 g/mol. The van der Waals surface area contributed by atoms with Crippen molar-refractivity contribution < 1.29 is 9.90 Å². The summed E-state index contributed by atoms with van der Waals surface area (Å²) in [6.07, 6.45) is 1.59. The molecule has 0 spiro atoms. The summed E-state index contributed by atoms with van der Waals surface area (Å²) >= 11 is 0. The number of hydrogen-bond acceptors (Lipinski definition) is 2. The van der Waals surface area contributed by atoms with Gasteiger partial charge in [-0.1, -0.05) is 5.11 Å². The summed E-state index contributed by atoms with van der Waals surface area (Å²) in [5, 5.41) is 14.3. The predicted octanol–water partition coefficient (Wildman–Crippen LogP) is 1.73. The minimum Gasteiger partial charge on any atom is -0.465 e. The van der Waals surface area contributed by atoms with Crippen molar-refractivity contribution in [3.8, 4) is 0 Å². The highest BCUT2D eigenvalue weighted by Crippen LogP contribution is 2.25. The Morgan fingerprint density at radius 3 is 3.08 bits per heavy atom. The number of nitrogens with zero attached hydrogens (tertiary/aromatic N) is 3. The summed E-state index contributed by atoms with van der Waals surface area (Å²) in [5.74, 6) is 0.341. The molecule has 2 unspecified atom stereocenters. The molecule has 1 fully saturated rings. The third kappa shape index (κ3) is 3.21. The summed E-state index contributed by atoms with van der Waals surface area (Å²) < 4.78 is 0. The molecule has 0 bridgehead atoms. The summed E-state index contributed by atoms with van der Waals surface area (Å²) in [6.45, 7) is 0.480. The highest BCUT2D eigenvalue weighted by atomic mass is 16.4. The first-order valence-corrected chi connectivity index (χ1v) is 4.22. The van der Waals surface area contributed by atoms with Crippen molar-refractivity contribution in [3.05, 3.63) is 10.4 Å². The zero-order chi connectivity index (χ0) is 9.68. The van der Waals surface area contributed by atoms with Crippen LogP contribution in [0, 0.1) is 5.92 Å². The van der Waals surface area contributed by atoms with Crippen LogP contribution in [0.2, 0.25) is 0 Å². The molecule has 1 amide bonds. The Morgan fingerprint density at radius 2 is 2.46 bits per heavy atom. The van der Waals surface area contributed by atoms with E-state index in [0.717, 1.165) is 19.3 Å². The van der Waals surface area contributed by atoms with Crippen LogP contribution in [0.3, 0.4) is 0 Å². The fraction of sp³-hybridized carbons (Fsp3) is 0.857. The third-order valence-corrected chi connectivity index (χ3v) is 2.27. The molecule has 0 radical (unpaired) electrons. The summed E-state index contributed by atoms with van der Waals surface area (Å²) in [4.78, 5) is 13.0. The lowest BCUT2D eigenvalue weighted by Crippen LogP contribution is -2.31. The van der Waals surface area contributed by atoms with Crippen molar-refractivity contribution in [1.82, 2.24) is 5.32 Å². The maximum atomic E-state index is 10.3. The Morgan fingerprint density at radius 1 is 1.69 bits per heavy atom. The van der Waals surface area contributed by atoms with Crippen LogP contribution < -0.4 is 5.32 Å². The van der Waals surface area contributed by atoms with Crippen molar-refractivity contribution in [2.75, 3.05) is 6.54 Å². The minimum atomic E-state index is -0.977. The lowest BCUT2D eigenvalue weighted by Gasteiger charge is -2.08. The van der Waals surface area contributed by atoms with E-state index in [2.05, 4.69) is 15.3 Å². The standard InChI is InChI=1S/C7H12N4O2/c8-11-9-4-5-1-2-6(3-5)10-7(12)13/h5-6,10H,1-4H2,(H,12,13). The van der Waals surface area contributed by atoms with Crippen molar-refractivity contribution in [3.63, 3.8) is 0 Å². The lowest BCUT2D eigenvalue weighted by molar-refractivity contribution is 0.190. The fourth-order valence-electron chi connectivity index (χ4n) is 1.70. The average Bonchev–Trinajstić information content (AvgIpc) is 2.48. The molecule has 0 aromatic heterocycles. The van der Waals surface area contributed by atoms with Gasteiger partial charge in [0.05, 0.1) is 0 Å². The van der Waals surface area contributed by atoms with Gasteiger partial charge in [0.1, 0.15) is 0 Å². The number of carboxylic acid groups (broad SMARTS) is 1. The second-order valence-corrected chi connectivity index (χ2v) is 3.24. The molecule has 2 N–H and O–H groups in total. The maximum absolute atomic E-state index is 10.3. The quantitative estimate of drug-likeness (QED) is 0.396. The van der Waals surface area contributed by atoms with Gasteiger partial charge in [-0.15, -0.1) is 0 Å². The number of azide groups is 1. The Balaban J connectivity index is 2.27. The molecular weight excluding hydrogens is 172 g/mol. The Hall–Kier alpha value is -1.42. The maximum Gasteiger partial charge on any atom is 0.404 e. The van der Waals surface area contributed by atoms with Crippen molar-refractivity contribution in [2.45, 2.75) is 25.3 Å². The Labute approximate surface area is 75.6 Å². The molecule has 1 aliphatic carbocycles. The van der Waals surface area contributed by atoms with E-state index in [4.69, 9.17) is 10.6 Å². The van der Waals surface area contributed by atoms with Crippen LogP contribution >= 0.6 is 0 Å². The Bertz CT molecular complexity index is 227. The fourth-order valence-corrected chi connectivity index (χ4v) is 1.70. The molecule has 2 atom stereocenters. The Kier molecular flexibility index (Phi) is 3.40. The molecule has 6 heteroatoms. The highest BCUT2D eigenvalue weighted by molar-refractivity contribution is 5.64. The average molecular weight is 184 g/mol. The number of amides is 1. The van der Waals surface area contributed by atoms with E-state index in [1.54, 1.807) is 0 Å². The molecule has 13 heavy (non-hydrogen) atoms. The first kappa shape index (κ1) is 9.67. The zero-order valence-corrected chi connectivity index (χ0v) is 7.18. The van der Waals surface area contributed by atoms with E-state index < -0.39 is 6.09 Å². The van der Waals surface area contributed by atoms with E-state index in [1.165, 1.54) is 0 Å². The minimum absolute atomic E-state index is 0.0383. The van der Waals surface area contributed by atoms with Crippen LogP contribution in [0.5, 0.6) is 0 Å². The first-order chi connectivity index (χ1) is 6.22. The van der Waals surface area contributed by atoms with Gasteiger partial charge in [0.25, 0.3) is 0 Å². The van der Waals surface area contributed by atoms with Gasteiger partial charge >= 0.3 is 6.09 Å². The molecule has 1 rings (SSSR count). The van der Waals surface area contributed by atoms with E-state index >= 15 is 0 Å². The van der Waals surface area contributed by atoms with Crippen LogP contribution in [0.25, 0.3) is 10.4 Å². The molecule has 0 heterocycles. The van der Waals surface area contributed by atoms with Crippen molar-refractivity contribution >= 4 is 6.09 Å². The van der Waals surface area contributed by atoms with Gasteiger partial charge in [-0.2, -0.15) is 0 Å². The zero-order valence-electron chi connectivity index (χ0n) is 7.18. The van der Waals surface area contributed by atoms with Crippen molar-refractivity contribution in [1.29, 1.82) is 0 Å². The molecule has 1 aliphatic rings. The second kappa shape index (κ2) is 4.57. The molecule has 0 aromatic rings. The first-order valence-electron chi connectivity index (χ1n) is 4.22. The summed E-state index contributed by atoms with van der Waals surface area (Å²) in [7, 11) is 0. The van der Waals surface area contributed by atoms with Crippen molar-refractivity contribution in [2.24, 2.45) is 11.0 Å². The molecule has 6 nitrogen and oxygen atoms in total. The van der Waals surface area contributed by atoms with Gasteiger partial charge in [-0.25, -0.2) is 4.79 Å².